The number of hydrogen-bond acceptors (Lipinski definition) is 3. The van der Waals surface area contributed by atoms with Gasteiger partial charge in [0.1, 0.15) is 0 Å². The zero-order chi connectivity index (χ0) is 13.9. The molecule has 1 heterocycles. The molecular formula is C13H17F3N2S. The van der Waals surface area contributed by atoms with Crippen molar-refractivity contribution in [3.8, 4) is 0 Å². The summed E-state index contributed by atoms with van der Waals surface area (Å²) >= 11 is 0.735. The van der Waals surface area contributed by atoms with Gasteiger partial charge in [0.2, 0.25) is 0 Å². The fraction of sp³-hybridized carbons (Fsp3) is 0.615. The summed E-state index contributed by atoms with van der Waals surface area (Å²) in [5.41, 5.74) is 1.34. The SMILES string of the molecule is CNC(CC1=CCCCC1)c1cnc(C(F)(F)F)s1. The Labute approximate surface area is 114 Å². The van der Waals surface area contributed by atoms with Crippen molar-refractivity contribution in [3.63, 3.8) is 0 Å². The quantitative estimate of drug-likeness (QED) is 0.836. The van der Waals surface area contributed by atoms with Gasteiger partial charge < -0.3 is 5.32 Å². The number of thiazole rings is 1. The molecule has 0 aliphatic heterocycles. The van der Waals surface area contributed by atoms with Crippen LogP contribution in [-0.2, 0) is 6.18 Å². The minimum absolute atomic E-state index is 0.0713. The summed E-state index contributed by atoms with van der Waals surface area (Å²) < 4.78 is 37.6. The number of nitrogens with zero attached hydrogens (tertiary/aromatic N) is 1. The molecule has 0 amide bonds. The third-order valence-corrected chi connectivity index (χ3v) is 4.47. The van der Waals surface area contributed by atoms with Gasteiger partial charge in [0, 0.05) is 17.1 Å². The van der Waals surface area contributed by atoms with E-state index in [0.29, 0.717) is 4.88 Å². The molecule has 1 aliphatic carbocycles. The second-order valence-corrected chi connectivity index (χ2v) is 5.78. The zero-order valence-corrected chi connectivity index (χ0v) is 11.6. The summed E-state index contributed by atoms with van der Waals surface area (Å²) in [7, 11) is 1.78. The molecule has 0 spiro atoms. The maximum absolute atomic E-state index is 12.5. The van der Waals surface area contributed by atoms with Gasteiger partial charge in [0.05, 0.1) is 0 Å². The average Bonchev–Trinajstić information content (AvgIpc) is 2.86. The van der Waals surface area contributed by atoms with Crippen LogP contribution >= 0.6 is 11.3 Å². The van der Waals surface area contributed by atoms with E-state index in [1.165, 1.54) is 24.6 Å². The van der Waals surface area contributed by atoms with Gasteiger partial charge in [0.15, 0.2) is 5.01 Å². The molecule has 106 valence electrons. The lowest BCUT2D eigenvalue weighted by molar-refractivity contribution is -0.137. The third kappa shape index (κ3) is 3.79. The van der Waals surface area contributed by atoms with Crippen LogP contribution < -0.4 is 5.32 Å². The predicted molar refractivity (Wildman–Crippen MR) is 70.1 cm³/mol. The van der Waals surface area contributed by atoms with Crippen LogP contribution in [-0.4, -0.2) is 12.0 Å². The maximum Gasteiger partial charge on any atom is 0.443 e. The Hall–Kier alpha value is -0.880. The number of hydrogen-bond donors (Lipinski definition) is 1. The van der Waals surface area contributed by atoms with E-state index in [9.17, 15) is 13.2 Å². The van der Waals surface area contributed by atoms with Crippen LogP contribution in [0.15, 0.2) is 17.8 Å². The third-order valence-electron chi connectivity index (χ3n) is 3.31. The Bertz CT molecular complexity index is 451. The molecule has 1 N–H and O–H groups in total. The van der Waals surface area contributed by atoms with Crippen molar-refractivity contribution in [3.05, 3.63) is 27.7 Å². The summed E-state index contributed by atoms with van der Waals surface area (Å²) in [4.78, 5) is 4.14. The fourth-order valence-corrected chi connectivity index (χ4v) is 3.17. The first kappa shape index (κ1) is 14.5. The molecular weight excluding hydrogens is 273 g/mol. The number of rotatable bonds is 4. The van der Waals surface area contributed by atoms with Crippen molar-refractivity contribution >= 4 is 11.3 Å². The van der Waals surface area contributed by atoms with E-state index in [0.717, 1.165) is 30.6 Å². The monoisotopic (exact) mass is 290 g/mol. The molecule has 2 nitrogen and oxygen atoms in total. The molecule has 1 unspecified atom stereocenters. The van der Waals surface area contributed by atoms with Crippen molar-refractivity contribution in [1.82, 2.24) is 10.3 Å². The Morgan fingerprint density at radius 1 is 1.42 bits per heavy atom. The first-order valence-electron chi connectivity index (χ1n) is 6.39. The van der Waals surface area contributed by atoms with Crippen LogP contribution in [0.25, 0.3) is 0 Å². The number of halogens is 3. The van der Waals surface area contributed by atoms with Gasteiger partial charge >= 0.3 is 6.18 Å². The summed E-state index contributed by atoms with van der Waals surface area (Å²) in [6.07, 6.45) is 4.54. The molecule has 1 aromatic rings. The van der Waals surface area contributed by atoms with Crippen molar-refractivity contribution in [2.24, 2.45) is 0 Å². The van der Waals surface area contributed by atoms with Gasteiger partial charge in [0.25, 0.3) is 0 Å². The van der Waals surface area contributed by atoms with Crippen LogP contribution in [0.5, 0.6) is 0 Å². The van der Waals surface area contributed by atoms with Gasteiger partial charge in [-0.15, -0.1) is 11.3 Å². The maximum atomic E-state index is 12.5. The highest BCUT2D eigenvalue weighted by Crippen LogP contribution is 2.36. The highest BCUT2D eigenvalue weighted by atomic mass is 32.1. The molecule has 0 saturated heterocycles. The second-order valence-electron chi connectivity index (χ2n) is 4.72. The molecule has 2 rings (SSSR count). The molecule has 1 atom stereocenters. The minimum Gasteiger partial charge on any atom is -0.312 e. The number of alkyl halides is 3. The molecule has 1 aliphatic rings. The van der Waals surface area contributed by atoms with E-state index >= 15 is 0 Å². The molecule has 0 bridgehead atoms. The van der Waals surface area contributed by atoms with E-state index < -0.39 is 11.2 Å². The first-order chi connectivity index (χ1) is 9.00. The van der Waals surface area contributed by atoms with E-state index in [2.05, 4.69) is 16.4 Å². The molecule has 0 radical (unpaired) electrons. The van der Waals surface area contributed by atoms with E-state index in [4.69, 9.17) is 0 Å². The number of allylic oxidation sites excluding steroid dienone is 1. The van der Waals surface area contributed by atoms with Crippen LogP contribution in [0, 0.1) is 0 Å². The van der Waals surface area contributed by atoms with Crippen molar-refractivity contribution in [2.45, 2.75) is 44.3 Å². The Balaban J connectivity index is 2.09. The normalized spacial score (nSPS) is 18.2. The molecule has 19 heavy (non-hydrogen) atoms. The topological polar surface area (TPSA) is 24.9 Å². The number of nitrogens with one attached hydrogen (secondary N) is 1. The van der Waals surface area contributed by atoms with Gasteiger partial charge in [-0.25, -0.2) is 4.98 Å². The van der Waals surface area contributed by atoms with Crippen LogP contribution in [0.2, 0.25) is 0 Å². The largest absolute Gasteiger partial charge is 0.443 e. The number of aromatic nitrogens is 1. The molecule has 0 aromatic carbocycles. The van der Waals surface area contributed by atoms with Gasteiger partial charge in [-0.05, 0) is 39.2 Å². The summed E-state index contributed by atoms with van der Waals surface area (Å²) in [6, 6.07) is -0.0713. The first-order valence-corrected chi connectivity index (χ1v) is 7.20. The second kappa shape index (κ2) is 6.05. The van der Waals surface area contributed by atoms with Gasteiger partial charge in [-0.3, -0.25) is 0 Å². The van der Waals surface area contributed by atoms with Gasteiger partial charge in [-0.2, -0.15) is 13.2 Å². The Kier molecular flexibility index (Phi) is 4.62. The highest BCUT2D eigenvalue weighted by molar-refractivity contribution is 7.11. The lowest BCUT2D eigenvalue weighted by Gasteiger charge is -2.19. The van der Waals surface area contributed by atoms with Crippen molar-refractivity contribution in [2.75, 3.05) is 7.05 Å². The smallest absolute Gasteiger partial charge is 0.312 e. The van der Waals surface area contributed by atoms with Gasteiger partial charge in [-0.1, -0.05) is 11.6 Å². The van der Waals surface area contributed by atoms with Crippen molar-refractivity contribution < 1.29 is 13.2 Å². The summed E-state index contributed by atoms with van der Waals surface area (Å²) in [5.74, 6) is 0. The van der Waals surface area contributed by atoms with Crippen LogP contribution in [0.3, 0.4) is 0 Å². The van der Waals surface area contributed by atoms with Crippen LogP contribution in [0.1, 0.15) is 48.0 Å². The molecule has 1 aromatic heterocycles. The fourth-order valence-electron chi connectivity index (χ4n) is 2.28. The van der Waals surface area contributed by atoms with Crippen molar-refractivity contribution in [1.29, 1.82) is 0 Å². The average molecular weight is 290 g/mol. The standard InChI is InChI=1S/C13H17F3N2S/c1-17-10(7-9-5-3-2-4-6-9)11-8-18-12(19-11)13(14,15)16/h5,8,10,17H,2-4,6-7H2,1H3. The Morgan fingerprint density at radius 2 is 2.21 bits per heavy atom. The Morgan fingerprint density at radius 3 is 2.74 bits per heavy atom. The minimum atomic E-state index is -4.34. The lowest BCUT2D eigenvalue weighted by atomic mass is 9.94. The van der Waals surface area contributed by atoms with E-state index in [-0.39, 0.29) is 6.04 Å². The van der Waals surface area contributed by atoms with Crippen LogP contribution in [0.4, 0.5) is 13.2 Å². The highest BCUT2D eigenvalue weighted by Gasteiger charge is 2.35. The zero-order valence-electron chi connectivity index (χ0n) is 10.8. The summed E-state index contributed by atoms with van der Waals surface area (Å²) in [6.45, 7) is 0. The molecule has 0 fully saturated rings. The van der Waals surface area contributed by atoms with E-state index in [1.807, 2.05) is 0 Å². The lowest BCUT2D eigenvalue weighted by Crippen LogP contribution is -2.16. The summed E-state index contributed by atoms with van der Waals surface area (Å²) in [5, 5.41) is 2.33. The predicted octanol–water partition coefficient (Wildman–Crippen LogP) is 4.31. The molecule has 6 heteroatoms. The van der Waals surface area contributed by atoms with E-state index in [1.54, 1.807) is 7.05 Å². The molecule has 0 saturated carbocycles.